The van der Waals surface area contributed by atoms with Crippen LogP contribution in [0.15, 0.2) is 40.5 Å². The fourth-order valence-electron chi connectivity index (χ4n) is 1.23. The first-order valence-corrected chi connectivity index (χ1v) is 5.82. The number of aromatic nitrogens is 3. The van der Waals surface area contributed by atoms with Gasteiger partial charge in [0, 0.05) is 24.3 Å². The highest BCUT2D eigenvalue weighted by Gasteiger charge is 2.01. The average Bonchev–Trinajstić information content (AvgIpc) is 2.32. The van der Waals surface area contributed by atoms with Gasteiger partial charge >= 0.3 is 5.69 Å². The molecule has 2 rings (SSSR count). The van der Waals surface area contributed by atoms with Crippen molar-refractivity contribution in [2.75, 3.05) is 0 Å². The summed E-state index contributed by atoms with van der Waals surface area (Å²) in [5.41, 5.74) is 1.80. The van der Waals surface area contributed by atoms with Crippen LogP contribution in [0.3, 0.4) is 0 Å². The Morgan fingerprint density at radius 2 is 2.31 bits per heavy atom. The molecule has 1 N–H and O–H groups in total. The van der Waals surface area contributed by atoms with Crippen molar-refractivity contribution >= 4 is 11.8 Å². The molecule has 0 aliphatic rings. The van der Waals surface area contributed by atoms with Gasteiger partial charge in [0.1, 0.15) is 0 Å². The Morgan fingerprint density at radius 1 is 1.44 bits per heavy atom. The largest absolute Gasteiger partial charge is 0.345 e. The Hall–Kier alpha value is -1.62. The monoisotopic (exact) mass is 233 g/mol. The van der Waals surface area contributed by atoms with Crippen LogP contribution < -0.4 is 5.69 Å². The number of hydrogen-bond donors (Lipinski definition) is 1. The lowest BCUT2D eigenvalue weighted by Crippen LogP contribution is -2.10. The molecule has 0 unspecified atom stereocenters. The van der Waals surface area contributed by atoms with Gasteiger partial charge in [-0.15, -0.1) is 11.8 Å². The number of nitrogens with one attached hydrogen (secondary N) is 1. The highest BCUT2D eigenvalue weighted by atomic mass is 32.2. The lowest BCUT2D eigenvalue weighted by Gasteiger charge is -2.03. The van der Waals surface area contributed by atoms with E-state index in [0.717, 1.165) is 21.9 Å². The molecular formula is C11H11N3OS. The molecule has 2 heterocycles. The van der Waals surface area contributed by atoms with Crippen molar-refractivity contribution in [3.8, 4) is 0 Å². The van der Waals surface area contributed by atoms with Crippen LogP contribution in [0, 0.1) is 6.92 Å². The topological polar surface area (TPSA) is 58.6 Å². The van der Waals surface area contributed by atoms with Crippen LogP contribution in [0.2, 0.25) is 0 Å². The highest BCUT2D eigenvalue weighted by Crippen LogP contribution is 2.21. The number of thioether (sulfide) groups is 1. The molecule has 4 nitrogen and oxygen atoms in total. The van der Waals surface area contributed by atoms with Crippen LogP contribution in [0.5, 0.6) is 0 Å². The van der Waals surface area contributed by atoms with Crippen molar-refractivity contribution in [3.05, 3.63) is 52.3 Å². The molecule has 0 atom stereocenters. The maximum atomic E-state index is 11.1. The fourth-order valence-corrected chi connectivity index (χ4v) is 2.15. The third-order valence-electron chi connectivity index (χ3n) is 2.06. The number of hydrogen-bond acceptors (Lipinski definition) is 4. The summed E-state index contributed by atoms with van der Waals surface area (Å²) in [6.07, 6.45) is 5.15. The predicted octanol–water partition coefficient (Wildman–Crippen LogP) is 1.77. The van der Waals surface area contributed by atoms with Gasteiger partial charge in [0.2, 0.25) is 0 Å². The molecule has 0 radical (unpaired) electrons. The van der Waals surface area contributed by atoms with E-state index < -0.39 is 0 Å². The Balaban J connectivity index is 2.10. The van der Waals surface area contributed by atoms with Crippen molar-refractivity contribution in [2.24, 2.45) is 0 Å². The Bertz CT molecular complexity index is 524. The number of pyridine rings is 1. The number of nitrogens with zero attached hydrogens (tertiary/aromatic N) is 2. The Kier molecular flexibility index (Phi) is 3.36. The summed E-state index contributed by atoms with van der Waals surface area (Å²) in [6.45, 7) is 1.93. The van der Waals surface area contributed by atoms with E-state index in [9.17, 15) is 4.79 Å². The fraction of sp³-hybridized carbons (Fsp3) is 0.182. The van der Waals surface area contributed by atoms with E-state index >= 15 is 0 Å². The third kappa shape index (κ3) is 2.70. The van der Waals surface area contributed by atoms with Gasteiger partial charge in [-0.05, 0) is 24.1 Å². The van der Waals surface area contributed by atoms with Crippen molar-refractivity contribution in [1.29, 1.82) is 0 Å². The first-order chi connectivity index (χ1) is 7.75. The second-order valence-electron chi connectivity index (χ2n) is 3.35. The molecule has 0 aliphatic carbocycles. The van der Waals surface area contributed by atoms with Gasteiger partial charge < -0.3 is 4.98 Å². The van der Waals surface area contributed by atoms with E-state index in [-0.39, 0.29) is 5.69 Å². The minimum atomic E-state index is -0.306. The van der Waals surface area contributed by atoms with E-state index in [4.69, 9.17) is 0 Å². The second-order valence-corrected chi connectivity index (χ2v) is 4.34. The summed E-state index contributed by atoms with van der Waals surface area (Å²) in [5.74, 6) is 0.786. The lowest BCUT2D eigenvalue weighted by atomic mass is 10.3. The number of aryl methyl sites for hydroxylation is 1. The molecule has 2 aromatic rings. The van der Waals surface area contributed by atoms with Gasteiger partial charge in [-0.1, -0.05) is 6.07 Å². The zero-order valence-electron chi connectivity index (χ0n) is 8.80. The van der Waals surface area contributed by atoms with E-state index in [0.29, 0.717) is 0 Å². The van der Waals surface area contributed by atoms with Crippen LogP contribution in [-0.2, 0) is 5.75 Å². The minimum absolute atomic E-state index is 0.306. The van der Waals surface area contributed by atoms with E-state index in [1.54, 1.807) is 24.2 Å². The van der Waals surface area contributed by atoms with E-state index in [2.05, 4.69) is 15.0 Å². The normalized spacial score (nSPS) is 10.3. The molecule has 5 heteroatoms. The summed E-state index contributed by atoms with van der Waals surface area (Å²) >= 11 is 1.58. The van der Waals surface area contributed by atoms with Crippen LogP contribution in [0.4, 0.5) is 0 Å². The van der Waals surface area contributed by atoms with Gasteiger partial charge in [-0.3, -0.25) is 4.98 Å². The molecule has 16 heavy (non-hydrogen) atoms. The number of rotatable bonds is 3. The minimum Gasteiger partial charge on any atom is -0.300 e. The van der Waals surface area contributed by atoms with Gasteiger partial charge in [-0.2, -0.15) is 0 Å². The second kappa shape index (κ2) is 4.94. The predicted molar refractivity (Wildman–Crippen MR) is 63.4 cm³/mol. The van der Waals surface area contributed by atoms with Crippen molar-refractivity contribution < 1.29 is 0 Å². The molecule has 0 saturated carbocycles. The summed E-state index contributed by atoms with van der Waals surface area (Å²) in [6, 6.07) is 3.91. The first kappa shape index (κ1) is 10.9. The molecule has 0 fully saturated rings. The summed E-state index contributed by atoms with van der Waals surface area (Å²) in [4.78, 5) is 21.5. The lowest BCUT2D eigenvalue weighted by molar-refractivity contribution is 0.945. The summed E-state index contributed by atoms with van der Waals surface area (Å²) < 4.78 is 0. The molecule has 0 aliphatic heterocycles. The Labute approximate surface area is 97.2 Å². The SMILES string of the molecule is Cc1cnc(=O)[nH]c1SCc1cccnc1. The molecule has 0 saturated heterocycles. The molecule has 0 aromatic carbocycles. The standard InChI is InChI=1S/C11H11N3OS/c1-8-5-13-11(15)14-10(8)16-7-9-3-2-4-12-6-9/h2-6H,7H2,1H3,(H,13,14,15). The van der Waals surface area contributed by atoms with Crippen LogP contribution >= 0.6 is 11.8 Å². The maximum Gasteiger partial charge on any atom is 0.345 e. The van der Waals surface area contributed by atoms with Crippen LogP contribution in [0.25, 0.3) is 0 Å². The molecule has 0 spiro atoms. The van der Waals surface area contributed by atoms with Crippen molar-refractivity contribution in [3.63, 3.8) is 0 Å². The maximum absolute atomic E-state index is 11.1. The summed E-state index contributed by atoms with van der Waals surface area (Å²) in [7, 11) is 0. The summed E-state index contributed by atoms with van der Waals surface area (Å²) in [5, 5.41) is 0.865. The van der Waals surface area contributed by atoms with Gasteiger partial charge in [0.05, 0.1) is 5.03 Å². The highest BCUT2D eigenvalue weighted by molar-refractivity contribution is 7.98. The molecule has 0 amide bonds. The molecular weight excluding hydrogens is 222 g/mol. The van der Waals surface area contributed by atoms with Crippen LogP contribution in [0.1, 0.15) is 11.1 Å². The van der Waals surface area contributed by atoms with E-state index in [1.165, 1.54) is 0 Å². The Morgan fingerprint density at radius 3 is 3.06 bits per heavy atom. The van der Waals surface area contributed by atoms with Crippen molar-refractivity contribution in [1.82, 2.24) is 15.0 Å². The molecule has 2 aromatic heterocycles. The van der Waals surface area contributed by atoms with Crippen molar-refractivity contribution in [2.45, 2.75) is 17.7 Å². The van der Waals surface area contributed by atoms with Crippen LogP contribution in [-0.4, -0.2) is 15.0 Å². The number of aromatic amines is 1. The average molecular weight is 233 g/mol. The van der Waals surface area contributed by atoms with Gasteiger partial charge in [0.25, 0.3) is 0 Å². The third-order valence-corrected chi connectivity index (χ3v) is 3.25. The van der Waals surface area contributed by atoms with E-state index in [1.807, 2.05) is 25.3 Å². The zero-order valence-corrected chi connectivity index (χ0v) is 9.62. The quantitative estimate of drug-likeness (QED) is 0.648. The number of H-pyrrole nitrogens is 1. The zero-order chi connectivity index (χ0) is 11.4. The smallest absolute Gasteiger partial charge is 0.300 e. The van der Waals surface area contributed by atoms with Gasteiger partial charge in [0.15, 0.2) is 0 Å². The molecule has 82 valence electrons. The molecule has 0 bridgehead atoms. The van der Waals surface area contributed by atoms with Gasteiger partial charge in [-0.25, -0.2) is 9.78 Å². The first-order valence-electron chi connectivity index (χ1n) is 4.83.